The van der Waals surface area contributed by atoms with Gasteiger partial charge in [-0.05, 0) is 87.1 Å². The van der Waals surface area contributed by atoms with Crippen LogP contribution in [0.2, 0.25) is 0 Å². The van der Waals surface area contributed by atoms with Gasteiger partial charge >= 0.3 is 5.97 Å². The third kappa shape index (κ3) is 13.5. The molecule has 2 N–H and O–H groups in total. The lowest BCUT2D eigenvalue weighted by molar-refractivity contribution is -0.134. The number of amides is 2. The lowest BCUT2D eigenvalue weighted by atomic mass is 9.86. The second-order valence-electron chi connectivity index (χ2n) is 12.0. The lowest BCUT2D eigenvalue weighted by Gasteiger charge is -2.35. The number of fused-ring (bicyclic) bond motifs is 1. The van der Waals surface area contributed by atoms with Crippen molar-refractivity contribution >= 4 is 29.1 Å². The third-order valence-electron chi connectivity index (χ3n) is 8.47. The molecule has 0 saturated carbocycles. The molecule has 0 fully saturated rings. The van der Waals surface area contributed by atoms with E-state index in [1.165, 1.54) is 23.3 Å². The first-order valence-corrected chi connectivity index (χ1v) is 18.0. The molecule has 1 heterocycles. The standard InChI is InChI=1S/C36H55N3O4S/c1-3-25-39(26-23-31-16-14-27-44-31)30-20-21-32-29(28-30)15-13-17-33(32)43-36(42)22-24-38-35(41)19-12-10-8-6-5-7-9-11-18-34(40)37-4-2/h13-17,27,30H,3-12,18-26,28H2,1-2H3,(H,37,40)(H,38,41)/t30-/m1/s1. The fourth-order valence-corrected chi connectivity index (χ4v) is 6.81. The molecule has 0 saturated heterocycles. The summed E-state index contributed by atoms with van der Waals surface area (Å²) in [5.41, 5.74) is 2.45. The molecule has 0 unspecified atom stereocenters. The Labute approximate surface area is 269 Å². The van der Waals surface area contributed by atoms with Gasteiger partial charge in [0.15, 0.2) is 0 Å². The summed E-state index contributed by atoms with van der Waals surface area (Å²) in [6.45, 7) is 7.39. The van der Waals surface area contributed by atoms with Crippen molar-refractivity contribution in [1.82, 2.24) is 15.5 Å². The second kappa shape index (κ2) is 21.1. The molecule has 0 spiro atoms. The zero-order valence-corrected chi connectivity index (χ0v) is 28.0. The van der Waals surface area contributed by atoms with Gasteiger partial charge in [-0.25, -0.2) is 0 Å². The summed E-state index contributed by atoms with van der Waals surface area (Å²) in [6, 6.07) is 10.9. The van der Waals surface area contributed by atoms with E-state index in [1.807, 2.05) is 30.4 Å². The van der Waals surface area contributed by atoms with Crippen molar-refractivity contribution in [3.63, 3.8) is 0 Å². The molecule has 7 nitrogen and oxygen atoms in total. The van der Waals surface area contributed by atoms with Crippen LogP contribution < -0.4 is 15.4 Å². The summed E-state index contributed by atoms with van der Waals surface area (Å²) in [6.07, 6.45) is 15.1. The summed E-state index contributed by atoms with van der Waals surface area (Å²) in [5.74, 6) is 0.540. The van der Waals surface area contributed by atoms with Crippen molar-refractivity contribution in [1.29, 1.82) is 0 Å². The predicted molar refractivity (Wildman–Crippen MR) is 180 cm³/mol. The Morgan fingerprint density at radius 1 is 0.864 bits per heavy atom. The highest BCUT2D eigenvalue weighted by Gasteiger charge is 2.26. The summed E-state index contributed by atoms with van der Waals surface area (Å²) in [4.78, 5) is 40.4. The maximum absolute atomic E-state index is 12.6. The van der Waals surface area contributed by atoms with E-state index in [0.717, 1.165) is 89.3 Å². The predicted octanol–water partition coefficient (Wildman–Crippen LogP) is 7.01. The van der Waals surface area contributed by atoms with Gasteiger partial charge in [-0.2, -0.15) is 0 Å². The first-order chi connectivity index (χ1) is 21.5. The number of rotatable bonds is 22. The van der Waals surface area contributed by atoms with Crippen LogP contribution in [0.5, 0.6) is 5.75 Å². The molecule has 2 aromatic rings. The van der Waals surface area contributed by atoms with Crippen molar-refractivity contribution in [3.05, 3.63) is 51.7 Å². The summed E-state index contributed by atoms with van der Waals surface area (Å²) in [7, 11) is 0. The van der Waals surface area contributed by atoms with Gasteiger partial charge in [0.2, 0.25) is 11.8 Å². The van der Waals surface area contributed by atoms with Gasteiger partial charge in [-0.3, -0.25) is 19.3 Å². The number of hydrogen-bond acceptors (Lipinski definition) is 6. The van der Waals surface area contributed by atoms with E-state index in [0.29, 0.717) is 37.7 Å². The van der Waals surface area contributed by atoms with Crippen molar-refractivity contribution in [2.45, 2.75) is 123 Å². The molecule has 1 aliphatic rings. The fourth-order valence-electron chi connectivity index (χ4n) is 6.12. The molecule has 8 heteroatoms. The number of hydrogen-bond donors (Lipinski definition) is 2. The zero-order valence-electron chi connectivity index (χ0n) is 27.2. The summed E-state index contributed by atoms with van der Waals surface area (Å²) in [5, 5.41) is 7.87. The van der Waals surface area contributed by atoms with Gasteiger partial charge in [0.1, 0.15) is 5.75 Å². The first kappa shape index (κ1) is 35.8. The molecule has 44 heavy (non-hydrogen) atoms. The Morgan fingerprint density at radius 3 is 2.23 bits per heavy atom. The highest BCUT2D eigenvalue weighted by Crippen LogP contribution is 2.32. The van der Waals surface area contributed by atoms with E-state index >= 15 is 0 Å². The quantitative estimate of drug-likeness (QED) is 0.0835. The van der Waals surface area contributed by atoms with Crippen LogP contribution in [0.25, 0.3) is 0 Å². The number of unbranched alkanes of at least 4 members (excludes halogenated alkanes) is 7. The molecular formula is C36H55N3O4S. The molecule has 3 rings (SSSR count). The van der Waals surface area contributed by atoms with E-state index < -0.39 is 0 Å². The Morgan fingerprint density at radius 2 is 1.57 bits per heavy atom. The number of benzene rings is 1. The van der Waals surface area contributed by atoms with E-state index in [9.17, 15) is 14.4 Å². The molecule has 0 aliphatic heterocycles. The molecule has 1 aromatic carbocycles. The lowest BCUT2D eigenvalue weighted by Crippen LogP contribution is -2.41. The number of nitrogens with one attached hydrogen (secondary N) is 2. The van der Waals surface area contributed by atoms with Gasteiger partial charge in [0.25, 0.3) is 0 Å². The van der Waals surface area contributed by atoms with Crippen molar-refractivity contribution in [2.75, 3.05) is 26.2 Å². The largest absolute Gasteiger partial charge is 0.426 e. The Balaban J connectivity index is 1.27. The van der Waals surface area contributed by atoms with Gasteiger partial charge in [-0.15, -0.1) is 11.3 Å². The Bertz CT molecular complexity index is 1120. The average molecular weight is 626 g/mol. The topological polar surface area (TPSA) is 87.7 Å². The van der Waals surface area contributed by atoms with Gasteiger partial charge < -0.3 is 15.4 Å². The monoisotopic (exact) mass is 625 g/mol. The minimum absolute atomic E-state index is 0.00185. The van der Waals surface area contributed by atoms with Crippen LogP contribution in [0.4, 0.5) is 0 Å². The molecule has 0 bridgehead atoms. The zero-order chi connectivity index (χ0) is 31.4. The van der Waals surface area contributed by atoms with Crippen LogP contribution in [0.15, 0.2) is 35.7 Å². The Hall–Kier alpha value is -2.71. The van der Waals surface area contributed by atoms with Crippen LogP contribution in [0.1, 0.15) is 113 Å². The minimum Gasteiger partial charge on any atom is -0.426 e. The summed E-state index contributed by atoms with van der Waals surface area (Å²) >= 11 is 1.84. The maximum Gasteiger partial charge on any atom is 0.312 e. The van der Waals surface area contributed by atoms with Crippen molar-refractivity contribution < 1.29 is 19.1 Å². The van der Waals surface area contributed by atoms with E-state index in [2.05, 4.69) is 46.0 Å². The van der Waals surface area contributed by atoms with Crippen LogP contribution in [-0.2, 0) is 33.6 Å². The fraction of sp³-hybridized carbons (Fsp3) is 0.639. The second-order valence-corrected chi connectivity index (χ2v) is 13.0. The third-order valence-corrected chi connectivity index (χ3v) is 9.41. The molecule has 244 valence electrons. The van der Waals surface area contributed by atoms with Gasteiger partial charge in [0, 0.05) is 43.4 Å². The Kier molecular flexibility index (Phi) is 17.2. The molecule has 2 amide bonds. The van der Waals surface area contributed by atoms with Gasteiger partial charge in [0.05, 0.1) is 6.42 Å². The van der Waals surface area contributed by atoms with Gasteiger partial charge in [-0.1, -0.05) is 63.6 Å². The molecule has 1 aliphatic carbocycles. The molecular weight excluding hydrogens is 570 g/mol. The molecule has 0 radical (unpaired) electrons. The van der Waals surface area contributed by atoms with Crippen molar-refractivity contribution in [3.8, 4) is 5.75 Å². The van der Waals surface area contributed by atoms with Crippen LogP contribution in [0, 0.1) is 0 Å². The summed E-state index contributed by atoms with van der Waals surface area (Å²) < 4.78 is 5.80. The van der Waals surface area contributed by atoms with Crippen LogP contribution in [-0.4, -0.2) is 54.9 Å². The van der Waals surface area contributed by atoms with Crippen LogP contribution in [0.3, 0.4) is 0 Å². The normalized spacial score (nSPS) is 14.3. The smallest absolute Gasteiger partial charge is 0.312 e. The first-order valence-electron chi connectivity index (χ1n) is 17.1. The number of nitrogens with zero attached hydrogens (tertiary/aromatic N) is 1. The highest BCUT2D eigenvalue weighted by molar-refractivity contribution is 7.09. The molecule has 1 atom stereocenters. The maximum atomic E-state index is 12.6. The number of esters is 1. The molecule has 1 aromatic heterocycles. The van der Waals surface area contributed by atoms with Crippen molar-refractivity contribution in [2.24, 2.45) is 0 Å². The van der Waals surface area contributed by atoms with E-state index in [-0.39, 0.29) is 24.2 Å². The van der Waals surface area contributed by atoms with E-state index in [4.69, 9.17) is 4.74 Å². The average Bonchev–Trinajstić information content (AvgIpc) is 3.54. The SMILES string of the molecule is CCCN(CCc1cccs1)[C@@H]1CCc2c(cccc2OC(=O)CCNC(=O)CCCCCCCCCCC(=O)NCC)C1. The minimum atomic E-state index is -0.296. The number of ether oxygens (including phenoxy) is 1. The van der Waals surface area contributed by atoms with E-state index in [1.54, 1.807) is 0 Å². The number of carbonyl (C=O) groups is 3. The highest BCUT2D eigenvalue weighted by atomic mass is 32.1. The van der Waals surface area contributed by atoms with Crippen LogP contribution >= 0.6 is 11.3 Å². The number of thiophene rings is 1. The number of carbonyl (C=O) groups excluding carboxylic acids is 3.